The van der Waals surface area contributed by atoms with Crippen molar-refractivity contribution in [1.29, 1.82) is 0 Å². The second kappa shape index (κ2) is 10.2. The average molecular weight is 501 g/mol. The normalized spacial score (nSPS) is 17.2. The first-order chi connectivity index (χ1) is 17.1. The van der Waals surface area contributed by atoms with E-state index in [4.69, 9.17) is 17.0 Å². The Bertz CT molecular complexity index is 1310. The monoisotopic (exact) mass is 500 g/mol. The molecule has 8 heteroatoms. The summed E-state index contributed by atoms with van der Waals surface area (Å²) in [5.41, 5.74) is 3.80. The smallest absolute Gasteiger partial charge is 0.262 e. The highest BCUT2D eigenvalue weighted by Crippen LogP contribution is 2.44. The van der Waals surface area contributed by atoms with Gasteiger partial charge in [-0.1, -0.05) is 24.3 Å². The number of anilines is 2. The van der Waals surface area contributed by atoms with Crippen LogP contribution in [0.25, 0.3) is 0 Å². The van der Waals surface area contributed by atoms with E-state index in [0.717, 1.165) is 11.4 Å². The van der Waals surface area contributed by atoms with Gasteiger partial charge in [0, 0.05) is 22.4 Å². The Labute approximate surface area is 213 Å². The van der Waals surface area contributed by atoms with E-state index in [1.807, 2.05) is 72.8 Å². The fourth-order valence-electron chi connectivity index (χ4n) is 4.15. The molecule has 2 aromatic carbocycles. The van der Waals surface area contributed by atoms with Crippen LogP contribution >= 0.6 is 23.6 Å². The lowest BCUT2D eigenvalue weighted by Gasteiger charge is -2.27. The fourth-order valence-corrected chi connectivity index (χ4v) is 5.55. The number of amides is 1. The van der Waals surface area contributed by atoms with E-state index in [-0.39, 0.29) is 24.6 Å². The van der Waals surface area contributed by atoms with Crippen molar-refractivity contribution >= 4 is 45.9 Å². The average Bonchev–Trinajstić information content (AvgIpc) is 3.46. The molecular formula is C27H24N4O2S2. The number of hydrogen-bond acceptors (Lipinski definition) is 5. The van der Waals surface area contributed by atoms with E-state index < -0.39 is 0 Å². The van der Waals surface area contributed by atoms with Crippen LogP contribution in [0.4, 0.5) is 11.4 Å². The van der Waals surface area contributed by atoms with Crippen molar-refractivity contribution in [2.45, 2.75) is 19.0 Å². The van der Waals surface area contributed by atoms with Crippen molar-refractivity contribution in [3.63, 3.8) is 0 Å². The summed E-state index contributed by atoms with van der Waals surface area (Å²) in [6.45, 7) is 2.06. The Morgan fingerprint density at radius 2 is 1.86 bits per heavy atom. The number of benzene rings is 2. The molecule has 176 valence electrons. The van der Waals surface area contributed by atoms with E-state index in [2.05, 4.69) is 38.9 Å². The lowest BCUT2D eigenvalue weighted by atomic mass is 10.0. The third-order valence-corrected chi connectivity index (χ3v) is 7.21. The minimum absolute atomic E-state index is 0.0305. The quantitative estimate of drug-likeness (QED) is 0.320. The molecule has 1 aliphatic rings. The SMILES string of the molecule is Cc1ccsc1C1C(c2ccccn2)NC(=S)N1c1ccc(NC(=O)COc2ccccc2)cc1. The summed E-state index contributed by atoms with van der Waals surface area (Å²) in [5, 5.41) is 9.12. The number of aromatic nitrogens is 1. The second-order valence-electron chi connectivity index (χ2n) is 8.16. The van der Waals surface area contributed by atoms with Gasteiger partial charge in [0.05, 0.1) is 17.8 Å². The number of thiophene rings is 1. The van der Waals surface area contributed by atoms with Crippen molar-refractivity contribution in [3.8, 4) is 5.75 Å². The summed E-state index contributed by atoms with van der Waals surface area (Å²) in [5.74, 6) is 0.438. The van der Waals surface area contributed by atoms with Crippen LogP contribution in [-0.4, -0.2) is 22.6 Å². The number of carbonyl (C=O) groups is 1. The van der Waals surface area contributed by atoms with Crippen molar-refractivity contribution in [2.75, 3.05) is 16.8 Å². The zero-order valence-corrected chi connectivity index (χ0v) is 20.7. The molecule has 4 aromatic rings. The molecule has 2 atom stereocenters. The van der Waals surface area contributed by atoms with Gasteiger partial charge in [-0.05, 0) is 84.7 Å². The van der Waals surface area contributed by atoms with E-state index in [1.165, 1.54) is 10.4 Å². The van der Waals surface area contributed by atoms with E-state index in [1.54, 1.807) is 17.5 Å². The zero-order chi connectivity index (χ0) is 24.2. The third kappa shape index (κ3) is 5.03. The summed E-state index contributed by atoms with van der Waals surface area (Å²) in [6.07, 6.45) is 1.81. The number of aryl methyl sites for hydroxylation is 1. The number of ether oxygens (including phenoxy) is 1. The zero-order valence-electron chi connectivity index (χ0n) is 19.0. The van der Waals surface area contributed by atoms with E-state index in [9.17, 15) is 4.79 Å². The molecule has 2 aromatic heterocycles. The number of carbonyl (C=O) groups excluding carboxylic acids is 1. The van der Waals surface area contributed by atoms with Gasteiger partial charge in [0.25, 0.3) is 5.91 Å². The minimum atomic E-state index is -0.220. The molecule has 3 heterocycles. The van der Waals surface area contributed by atoms with Crippen LogP contribution in [0, 0.1) is 6.92 Å². The molecule has 0 bridgehead atoms. The molecule has 0 aliphatic carbocycles. The lowest BCUT2D eigenvalue weighted by Crippen LogP contribution is -2.29. The molecule has 2 unspecified atom stereocenters. The van der Waals surface area contributed by atoms with Crippen LogP contribution in [0.3, 0.4) is 0 Å². The Morgan fingerprint density at radius 1 is 1.09 bits per heavy atom. The highest BCUT2D eigenvalue weighted by molar-refractivity contribution is 7.80. The van der Waals surface area contributed by atoms with Crippen LogP contribution in [0.15, 0.2) is 90.4 Å². The number of thiocarbonyl (C=S) groups is 1. The maximum absolute atomic E-state index is 12.3. The maximum Gasteiger partial charge on any atom is 0.262 e. The van der Waals surface area contributed by atoms with Crippen LogP contribution in [0.5, 0.6) is 5.75 Å². The molecule has 1 amide bonds. The largest absolute Gasteiger partial charge is 0.484 e. The van der Waals surface area contributed by atoms with Crippen LogP contribution in [-0.2, 0) is 4.79 Å². The predicted molar refractivity (Wildman–Crippen MR) is 144 cm³/mol. The van der Waals surface area contributed by atoms with Gasteiger partial charge in [0.1, 0.15) is 5.75 Å². The fraction of sp³-hybridized carbons (Fsp3) is 0.148. The number of nitrogens with zero attached hydrogens (tertiary/aromatic N) is 2. The molecule has 5 rings (SSSR count). The molecular weight excluding hydrogens is 476 g/mol. The Balaban J connectivity index is 1.35. The van der Waals surface area contributed by atoms with Gasteiger partial charge in [0.15, 0.2) is 11.7 Å². The highest BCUT2D eigenvalue weighted by atomic mass is 32.1. The van der Waals surface area contributed by atoms with Gasteiger partial charge in [-0.15, -0.1) is 11.3 Å². The van der Waals surface area contributed by atoms with E-state index in [0.29, 0.717) is 16.5 Å². The number of para-hydroxylation sites is 1. The van der Waals surface area contributed by atoms with Crippen molar-refractivity contribution < 1.29 is 9.53 Å². The second-order valence-corrected chi connectivity index (χ2v) is 9.50. The molecule has 1 fully saturated rings. The van der Waals surface area contributed by atoms with Gasteiger partial charge < -0.3 is 20.3 Å². The summed E-state index contributed by atoms with van der Waals surface area (Å²) in [4.78, 5) is 20.3. The van der Waals surface area contributed by atoms with Crippen molar-refractivity contribution in [3.05, 3.63) is 107 Å². The standard InChI is InChI=1S/C27H24N4O2S2/c1-18-14-16-35-26(18)25-24(22-9-5-6-15-28-22)30-27(34)31(25)20-12-10-19(11-13-20)29-23(32)17-33-21-7-3-2-4-8-21/h2-16,24-25H,17H2,1H3,(H,29,32)(H,30,34). The maximum atomic E-state index is 12.3. The van der Waals surface area contributed by atoms with Crippen molar-refractivity contribution in [1.82, 2.24) is 10.3 Å². The number of rotatable bonds is 7. The Hall–Kier alpha value is -3.75. The molecule has 0 radical (unpaired) electrons. The van der Waals surface area contributed by atoms with Crippen LogP contribution in [0.2, 0.25) is 0 Å². The summed E-state index contributed by atoms with van der Waals surface area (Å²) < 4.78 is 5.53. The molecule has 1 aliphatic heterocycles. The number of nitrogens with one attached hydrogen (secondary N) is 2. The Kier molecular flexibility index (Phi) is 6.74. The van der Waals surface area contributed by atoms with E-state index >= 15 is 0 Å². The molecule has 35 heavy (non-hydrogen) atoms. The van der Waals surface area contributed by atoms with Crippen LogP contribution < -0.4 is 20.3 Å². The molecule has 0 spiro atoms. The first kappa shape index (κ1) is 23.0. The van der Waals surface area contributed by atoms with Gasteiger partial charge in [-0.3, -0.25) is 9.78 Å². The molecule has 2 N–H and O–H groups in total. The first-order valence-corrected chi connectivity index (χ1v) is 12.5. The van der Waals surface area contributed by atoms with Crippen molar-refractivity contribution in [2.24, 2.45) is 0 Å². The van der Waals surface area contributed by atoms with Crippen LogP contribution in [0.1, 0.15) is 28.2 Å². The number of pyridine rings is 1. The topological polar surface area (TPSA) is 66.5 Å². The van der Waals surface area contributed by atoms with Gasteiger partial charge >= 0.3 is 0 Å². The van der Waals surface area contributed by atoms with Gasteiger partial charge in [-0.2, -0.15) is 0 Å². The molecule has 1 saturated heterocycles. The third-order valence-electron chi connectivity index (χ3n) is 5.81. The van der Waals surface area contributed by atoms with Gasteiger partial charge in [0.2, 0.25) is 0 Å². The summed E-state index contributed by atoms with van der Waals surface area (Å²) >= 11 is 7.50. The Morgan fingerprint density at radius 3 is 2.54 bits per heavy atom. The summed E-state index contributed by atoms with van der Waals surface area (Å²) in [6, 6.07) is 24.9. The predicted octanol–water partition coefficient (Wildman–Crippen LogP) is 5.65. The minimum Gasteiger partial charge on any atom is -0.484 e. The molecule has 6 nitrogen and oxygen atoms in total. The highest BCUT2D eigenvalue weighted by Gasteiger charge is 2.41. The molecule has 0 saturated carbocycles. The lowest BCUT2D eigenvalue weighted by molar-refractivity contribution is -0.118. The first-order valence-electron chi connectivity index (χ1n) is 11.2. The van der Waals surface area contributed by atoms with Gasteiger partial charge in [-0.25, -0.2) is 0 Å². The summed E-state index contributed by atoms with van der Waals surface area (Å²) in [7, 11) is 0. The number of hydrogen-bond donors (Lipinski definition) is 2.